The third kappa shape index (κ3) is 3.83. The van der Waals surface area contributed by atoms with Crippen LogP contribution in [0.15, 0.2) is 11.6 Å². The highest BCUT2D eigenvalue weighted by Crippen LogP contribution is 2.73. The molecular formula is C31H52O4. The second kappa shape index (κ2) is 8.67. The van der Waals surface area contributed by atoms with Gasteiger partial charge in [0.15, 0.2) is 0 Å². The lowest BCUT2D eigenvalue weighted by Crippen LogP contribution is -2.57. The minimum absolute atomic E-state index is 0.170. The highest BCUT2D eigenvalue weighted by molar-refractivity contribution is 5.85. The number of carbonyl (C=O) groups excluding carboxylic acids is 1. The zero-order valence-corrected chi connectivity index (χ0v) is 23.9. The number of hydrogen-bond donors (Lipinski definition) is 2. The van der Waals surface area contributed by atoms with Gasteiger partial charge >= 0.3 is 0 Å². The van der Waals surface area contributed by atoms with Gasteiger partial charge < -0.3 is 14.9 Å². The predicted molar refractivity (Wildman–Crippen MR) is 141 cm³/mol. The average molecular weight is 489 g/mol. The molecule has 0 aromatic heterocycles. The lowest BCUT2D eigenvalue weighted by Gasteiger charge is -2.63. The fourth-order valence-electron chi connectivity index (χ4n) is 9.72. The molecule has 0 aliphatic heterocycles. The minimum atomic E-state index is -0.901. The van der Waals surface area contributed by atoms with E-state index in [1.54, 1.807) is 12.7 Å². The Kier molecular flexibility index (Phi) is 6.77. The first-order valence-electron chi connectivity index (χ1n) is 14.2. The number of hydrogen-bond acceptors (Lipinski definition) is 4. The summed E-state index contributed by atoms with van der Waals surface area (Å²) in [6.07, 6.45) is 9.08. The summed E-state index contributed by atoms with van der Waals surface area (Å²) in [6.45, 7) is 17.9. The first-order chi connectivity index (χ1) is 16.1. The second-order valence-corrected chi connectivity index (χ2v) is 14.6. The molecule has 0 saturated heterocycles. The summed E-state index contributed by atoms with van der Waals surface area (Å²) in [4.78, 5) is 12.8. The van der Waals surface area contributed by atoms with E-state index in [-0.39, 0.29) is 21.7 Å². The van der Waals surface area contributed by atoms with Crippen LogP contribution < -0.4 is 0 Å². The zero-order valence-electron chi connectivity index (χ0n) is 23.9. The molecule has 3 unspecified atom stereocenters. The largest absolute Gasteiger partial charge is 0.390 e. The van der Waals surface area contributed by atoms with Gasteiger partial charge in [0, 0.05) is 18.9 Å². The summed E-state index contributed by atoms with van der Waals surface area (Å²) >= 11 is 0. The molecule has 4 rings (SSSR count). The van der Waals surface area contributed by atoms with Gasteiger partial charge in [-0.2, -0.15) is 0 Å². The normalized spacial score (nSPS) is 43.5. The SMILES string of the molecule is COC(C)(C)C(O)C(O)CC(C)[C@H]1CC[C@]2(C)C3=CC[C@H]4C(C)(C)C(=O)CC[C@]4(C)[C@@H]3CC[C@@]12C. The van der Waals surface area contributed by atoms with Crippen molar-refractivity contribution in [2.24, 2.45) is 45.3 Å². The highest BCUT2D eigenvalue weighted by Gasteiger charge is 2.65. The molecule has 0 radical (unpaired) electrons. The van der Waals surface area contributed by atoms with Gasteiger partial charge in [-0.25, -0.2) is 0 Å². The molecule has 9 atom stereocenters. The van der Waals surface area contributed by atoms with Crippen molar-refractivity contribution in [3.63, 3.8) is 0 Å². The Labute approximate surface area is 214 Å². The van der Waals surface area contributed by atoms with E-state index < -0.39 is 17.8 Å². The van der Waals surface area contributed by atoms with E-state index in [0.717, 1.165) is 19.3 Å². The van der Waals surface area contributed by atoms with E-state index in [9.17, 15) is 15.0 Å². The summed E-state index contributed by atoms with van der Waals surface area (Å²) in [6, 6.07) is 0. The summed E-state index contributed by atoms with van der Waals surface area (Å²) in [7, 11) is 1.59. The van der Waals surface area contributed by atoms with Crippen LogP contribution in [0, 0.1) is 45.3 Å². The van der Waals surface area contributed by atoms with Crippen LogP contribution in [0.2, 0.25) is 0 Å². The molecule has 4 heteroatoms. The number of methoxy groups -OCH3 is 1. The number of allylic oxidation sites excluding steroid dienone is 2. The van der Waals surface area contributed by atoms with Crippen LogP contribution in [-0.2, 0) is 9.53 Å². The molecule has 4 aliphatic rings. The molecule has 2 N–H and O–H groups in total. The molecule has 0 amide bonds. The molecule has 0 heterocycles. The first-order valence-corrected chi connectivity index (χ1v) is 14.2. The summed E-state index contributed by atoms with van der Waals surface area (Å²) in [5.74, 6) is 2.33. The number of ketones is 1. The number of Topliss-reactive ketones (excluding diaryl/α,β-unsaturated/α-hetero) is 1. The third-order valence-electron chi connectivity index (χ3n) is 12.5. The van der Waals surface area contributed by atoms with Crippen LogP contribution in [0.4, 0.5) is 0 Å². The van der Waals surface area contributed by atoms with Crippen LogP contribution in [0.5, 0.6) is 0 Å². The summed E-state index contributed by atoms with van der Waals surface area (Å²) in [5.41, 5.74) is 1.27. The van der Waals surface area contributed by atoms with E-state index in [1.807, 2.05) is 13.8 Å². The van der Waals surface area contributed by atoms with E-state index in [2.05, 4.69) is 47.6 Å². The van der Waals surface area contributed by atoms with Gasteiger partial charge in [0.05, 0.1) is 11.7 Å². The molecule has 4 nitrogen and oxygen atoms in total. The predicted octanol–water partition coefficient (Wildman–Crippen LogP) is 6.33. The molecule has 4 aliphatic carbocycles. The number of carbonyl (C=O) groups is 1. The smallest absolute Gasteiger partial charge is 0.138 e. The Morgan fingerprint density at radius 2 is 1.74 bits per heavy atom. The molecule has 35 heavy (non-hydrogen) atoms. The van der Waals surface area contributed by atoms with Crippen LogP contribution in [0.1, 0.15) is 107 Å². The van der Waals surface area contributed by atoms with Crippen molar-refractivity contribution in [1.29, 1.82) is 0 Å². The lowest BCUT2D eigenvalue weighted by atomic mass is 9.41. The maximum absolute atomic E-state index is 12.8. The maximum atomic E-state index is 12.8. The quantitative estimate of drug-likeness (QED) is 0.429. The lowest BCUT2D eigenvalue weighted by molar-refractivity contribution is -0.146. The molecule has 0 spiro atoms. The molecule has 3 fully saturated rings. The van der Waals surface area contributed by atoms with Crippen molar-refractivity contribution in [3.05, 3.63) is 11.6 Å². The van der Waals surface area contributed by atoms with Crippen molar-refractivity contribution >= 4 is 5.78 Å². The molecule has 0 aromatic carbocycles. The summed E-state index contributed by atoms with van der Waals surface area (Å²) < 4.78 is 5.44. The van der Waals surface area contributed by atoms with Crippen LogP contribution >= 0.6 is 0 Å². The zero-order chi connectivity index (χ0) is 26.2. The van der Waals surface area contributed by atoms with E-state index in [0.29, 0.717) is 35.9 Å². The van der Waals surface area contributed by atoms with Gasteiger partial charge in [0.1, 0.15) is 11.9 Å². The number of aliphatic hydroxyl groups is 2. The van der Waals surface area contributed by atoms with Crippen molar-refractivity contribution in [2.45, 2.75) is 125 Å². The molecule has 200 valence electrons. The van der Waals surface area contributed by atoms with Crippen molar-refractivity contribution in [2.75, 3.05) is 7.11 Å². The highest BCUT2D eigenvalue weighted by atomic mass is 16.5. The first kappa shape index (κ1) is 27.3. The Hall–Kier alpha value is -0.710. The van der Waals surface area contributed by atoms with Gasteiger partial charge in [-0.1, -0.05) is 53.2 Å². The van der Waals surface area contributed by atoms with Gasteiger partial charge in [-0.3, -0.25) is 4.79 Å². The topological polar surface area (TPSA) is 66.8 Å². The van der Waals surface area contributed by atoms with Gasteiger partial charge in [-0.05, 0) is 98.7 Å². The number of fused-ring (bicyclic) bond motifs is 5. The Morgan fingerprint density at radius 1 is 1.09 bits per heavy atom. The van der Waals surface area contributed by atoms with E-state index in [1.165, 1.54) is 25.7 Å². The number of rotatable bonds is 6. The Balaban J connectivity index is 1.59. The van der Waals surface area contributed by atoms with Crippen LogP contribution in [0.25, 0.3) is 0 Å². The van der Waals surface area contributed by atoms with Crippen molar-refractivity contribution < 1.29 is 19.7 Å². The van der Waals surface area contributed by atoms with Crippen molar-refractivity contribution in [3.8, 4) is 0 Å². The van der Waals surface area contributed by atoms with Crippen LogP contribution in [0.3, 0.4) is 0 Å². The standard InChI is InChI=1S/C31H52O4/c1-19(18-23(32)26(34)28(4,5)35-9)20-12-16-31(8)22-10-11-24-27(2,3)25(33)14-15-29(24,6)21(22)13-17-30(20,31)7/h10,19-21,23-24,26,32,34H,11-18H2,1-9H3/t19?,20-,21-,23?,24+,26?,29-,30+,31-/m1/s1. The second-order valence-electron chi connectivity index (χ2n) is 14.6. The van der Waals surface area contributed by atoms with Crippen LogP contribution in [-0.4, -0.2) is 40.9 Å². The van der Waals surface area contributed by atoms with E-state index >= 15 is 0 Å². The van der Waals surface area contributed by atoms with Gasteiger partial charge in [-0.15, -0.1) is 0 Å². The Bertz CT molecular complexity index is 873. The maximum Gasteiger partial charge on any atom is 0.138 e. The number of ether oxygens (including phenoxy) is 1. The molecule has 0 bridgehead atoms. The molecule has 3 saturated carbocycles. The summed E-state index contributed by atoms with van der Waals surface area (Å²) in [5, 5.41) is 21.6. The third-order valence-corrected chi connectivity index (χ3v) is 12.5. The Morgan fingerprint density at radius 3 is 2.37 bits per heavy atom. The molecular weight excluding hydrogens is 436 g/mol. The minimum Gasteiger partial charge on any atom is -0.390 e. The fourth-order valence-corrected chi connectivity index (χ4v) is 9.72. The van der Waals surface area contributed by atoms with Gasteiger partial charge in [0.2, 0.25) is 0 Å². The fraction of sp³-hybridized carbons (Fsp3) is 0.903. The van der Waals surface area contributed by atoms with Crippen molar-refractivity contribution in [1.82, 2.24) is 0 Å². The molecule has 0 aromatic rings. The van der Waals surface area contributed by atoms with E-state index in [4.69, 9.17) is 4.74 Å². The number of aliphatic hydroxyl groups excluding tert-OH is 2. The average Bonchev–Trinajstić information content (AvgIpc) is 3.07. The van der Waals surface area contributed by atoms with Gasteiger partial charge in [0.25, 0.3) is 0 Å². The monoisotopic (exact) mass is 488 g/mol.